The Labute approximate surface area is 191 Å². The van der Waals surface area contributed by atoms with E-state index in [2.05, 4.69) is 21.0 Å². The van der Waals surface area contributed by atoms with Crippen molar-refractivity contribution in [1.82, 2.24) is 4.98 Å². The number of halogens is 3. The smallest absolute Gasteiger partial charge is 0.376 e. The number of hydrogen-bond acceptors (Lipinski definition) is 4. The summed E-state index contributed by atoms with van der Waals surface area (Å²) in [7, 11) is -5.72. The minimum absolute atomic E-state index is 0.119. The lowest BCUT2D eigenvalue weighted by molar-refractivity contribution is -0.0500. The first kappa shape index (κ1) is 24.3. The van der Waals surface area contributed by atoms with Crippen LogP contribution in [0.15, 0.2) is 72.9 Å². The van der Waals surface area contributed by atoms with E-state index in [1.54, 1.807) is 18.3 Å². The van der Waals surface area contributed by atoms with Crippen molar-refractivity contribution in [2.24, 2.45) is 5.92 Å². The number of aromatic nitrogens is 1. The van der Waals surface area contributed by atoms with E-state index in [0.717, 1.165) is 16.7 Å². The standard InChI is InChI=1S/C25H22F3NO3S/c1-18(2)24(3,21-12-15-23(16-13-21)32-33(30,31)25(26,27)28)20-10-7-19(8-11-20)9-14-22-6-4-5-17-29-22/h4-8,10-13,15-18H,1-3H3. The molecular formula is C25H22F3NO3S. The minimum Gasteiger partial charge on any atom is -0.376 e. The van der Waals surface area contributed by atoms with Gasteiger partial charge in [0, 0.05) is 17.2 Å². The van der Waals surface area contributed by atoms with Crippen LogP contribution < -0.4 is 4.18 Å². The molecule has 3 rings (SSSR count). The molecule has 1 heterocycles. The summed E-state index contributed by atoms with van der Waals surface area (Å²) < 4.78 is 64.4. The quantitative estimate of drug-likeness (QED) is 0.272. The first-order valence-corrected chi connectivity index (χ1v) is 11.5. The van der Waals surface area contributed by atoms with Gasteiger partial charge in [-0.2, -0.15) is 21.6 Å². The molecule has 0 spiro atoms. The Hall–Kier alpha value is -3.31. The van der Waals surface area contributed by atoms with Crippen LogP contribution in [0.3, 0.4) is 0 Å². The van der Waals surface area contributed by atoms with Crippen LogP contribution in [0.2, 0.25) is 0 Å². The van der Waals surface area contributed by atoms with Gasteiger partial charge in [-0.15, -0.1) is 0 Å². The molecular weight excluding hydrogens is 451 g/mol. The highest BCUT2D eigenvalue weighted by Gasteiger charge is 2.48. The van der Waals surface area contributed by atoms with E-state index in [4.69, 9.17) is 0 Å². The summed E-state index contributed by atoms with van der Waals surface area (Å²) in [5, 5.41) is 0. The second kappa shape index (κ2) is 9.28. The fourth-order valence-corrected chi connectivity index (χ4v) is 3.80. The lowest BCUT2D eigenvalue weighted by Crippen LogP contribution is -2.30. The van der Waals surface area contributed by atoms with E-state index >= 15 is 0 Å². The Bertz CT molecular complexity index is 1260. The maximum Gasteiger partial charge on any atom is 0.534 e. The number of benzene rings is 2. The van der Waals surface area contributed by atoms with E-state index in [9.17, 15) is 21.6 Å². The molecule has 33 heavy (non-hydrogen) atoms. The van der Waals surface area contributed by atoms with Gasteiger partial charge in [-0.05, 0) is 59.4 Å². The van der Waals surface area contributed by atoms with Gasteiger partial charge in [-0.1, -0.05) is 57.0 Å². The van der Waals surface area contributed by atoms with Crippen molar-refractivity contribution in [3.8, 4) is 17.6 Å². The highest BCUT2D eigenvalue weighted by Crippen LogP contribution is 2.40. The van der Waals surface area contributed by atoms with Crippen molar-refractivity contribution < 1.29 is 25.8 Å². The summed E-state index contributed by atoms with van der Waals surface area (Å²) in [5.41, 5.74) is -2.70. The van der Waals surface area contributed by atoms with Gasteiger partial charge in [0.2, 0.25) is 0 Å². The van der Waals surface area contributed by atoms with Crippen molar-refractivity contribution in [2.45, 2.75) is 31.7 Å². The second-order valence-corrected chi connectivity index (χ2v) is 9.44. The molecule has 3 aromatic rings. The maximum atomic E-state index is 12.6. The van der Waals surface area contributed by atoms with Gasteiger partial charge in [-0.3, -0.25) is 0 Å². The van der Waals surface area contributed by atoms with Crippen LogP contribution in [0.25, 0.3) is 0 Å². The number of hydrogen-bond donors (Lipinski definition) is 0. The zero-order valence-corrected chi connectivity index (χ0v) is 19.0. The van der Waals surface area contributed by atoms with Crippen molar-refractivity contribution in [2.75, 3.05) is 0 Å². The molecule has 0 aliphatic carbocycles. The predicted molar refractivity (Wildman–Crippen MR) is 120 cm³/mol. The van der Waals surface area contributed by atoms with Crippen molar-refractivity contribution in [3.63, 3.8) is 0 Å². The summed E-state index contributed by atoms with van der Waals surface area (Å²) in [5.74, 6) is 5.80. The summed E-state index contributed by atoms with van der Waals surface area (Å²) in [6.07, 6.45) is 1.68. The summed E-state index contributed by atoms with van der Waals surface area (Å²) >= 11 is 0. The van der Waals surface area contributed by atoms with Crippen molar-refractivity contribution in [3.05, 3.63) is 95.3 Å². The fraction of sp³-hybridized carbons (Fsp3) is 0.240. The van der Waals surface area contributed by atoms with Crippen LogP contribution in [0.5, 0.6) is 5.75 Å². The molecule has 0 fully saturated rings. The zero-order chi connectivity index (χ0) is 24.3. The van der Waals surface area contributed by atoms with E-state index in [0.29, 0.717) is 5.69 Å². The van der Waals surface area contributed by atoms with Crippen LogP contribution in [0, 0.1) is 17.8 Å². The molecule has 1 unspecified atom stereocenters. The zero-order valence-electron chi connectivity index (χ0n) is 18.2. The fourth-order valence-electron chi connectivity index (χ4n) is 3.34. The van der Waals surface area contributed by atoms with Gasteiger partial charge in [0.25, 0.3) is 0 Å². The topological polar surface area (TPSA) is 56.3 Å². The van der Waals surface area contributed by atoms with Gasteiger partial charge >= 0.3 is 15.6 Å². The average Bonchev–Trinajstić information content (AvgIpc) is 2.77. The van der Waals surface area contributed by atoms with Gasteiger partial charge < -0.3 is 4.18 Å². The normalized spacial score (nSPS) is 13.7. The van der Waals surface area contributed by atoms with Crippen LogP contribution in [-0.2, 0) is 15.5 Å². The third kappa shape index (κ3) is 5.37. The van der Waals surface area contributed by atoms with Crippen molar-refractivity contribution in [1.29, 1.82) is 0 Å². The first-order chi connectivity index (χ1) is 15.4. The van der Waals surface area contributed by atoms with Crippen LogP contribution in [0.1, 0.15) is 43.2 Å². The Morgan fingerprint density at radius 2 is 1.45 bits per heavy atom. The third-order valence-corrected chi connectivity index (χ3v) is 6.56. The van der Waals surface area contributed by atoms with E-state index in [1.807, 2.05) is 63.2 Å². The van der Waals surface area contributed by atoms with Crippen LogP contribution in [-0.4, -0.2) is 18.9 Å². The lowest BCUT2D eigenvalue weighted by atomic mass is 9.68. The van der Waals surface area contributed by atoms with Gasteiger partial charge in [0.05, 0.1) is 0 Å². The lowest BCUT2D eigenvalue weighted by Gasteiger charge is -2.35. The van der Waals surface area contributed by atoms with Crippen LogP contribution >= 0.6 is 0 Å². The molecule has 1 aromatic heterocycles. The number of alkyl halides is 3. The maximum absolute atomic E-state index is 12.6. The minimum atomic E-state index is -5.72. The summed E-state index contributed by atoms with van der Waals surface area (Å²) in [6, 6.07) is 18.8. The molecule has 0 N–H and O–H groups in total. The molecule has 172 valence electrons. The molecule has 0 saturated heterocycles. The molecule has 4 nitrogen and oxygen atoms in total. The second-order valence-electron chi connectivity index (χ2n) is 7.91. The highest BCUT2D eigenvalue weighted by molar-refractivity contribution is 7.88. The largest absolute Gasteiger partial charge is 0.534 e. The highest BCUT2D eigenvalue weighted by atomic mass is 32.2. The first-order valence-electron chi connectivity index (χ1n) is 10.1. The van der Waals surface area contributed by atoms with Crippen LogP contribution in [0.4, 0.5) is 13.2 Å². The Balaban J connectivity index is 1.88. The number of rotatable bonds is 5. The molecule has 1 atom stereocenters. The Kier molecular flexibility index (Phi) is 6.84. The Morgan fingerprint density at radius 1 is 0.879 bits per heavy atom. The van der Waals surface area contributed by atoms with E-state index in [1.165, 1.54) is 12.1 Å². The molecule has 2 aromatic carbocycles. The third-order valence-electron chi connectivity index (χ3n) is 5.58. The molecule has 0 aliphatic heterocycles. The molecule has 0 saturated carbocycles. The van der Waals surface area contributed by atoms with Gasteiger partial charge in [0.1, 0.15) is 11.4 Å². The summed E-state index contributed by atoms with van der Waals surface area (Å²) in [6.45, 7) is 6.09. The molecule has 0 aliphatic rings. The number of nitrogens with zero attached hydrogens (tertiary/aromatic N) is 1. The molecule has 8 heteroatoms. The van der Waals surface area contributed by atoms with Gasteiger partial charge in [0.15, 0.2) is 0 Å². The van der Waals surface area contributed by atoms with Gasteiger partial charge in [-0.25, -0.2) is 4.98 Å². The molecule has 0 amide bonds. The SMILES string of the molecule is CC(C)C(C)(c1ccc(C#Cc2ccccn2)cc1)c1ccc(OS(=O)(=O)C(F)(F)F)cc1. The van der Waals surface area contributed by atoms with E-state index < -0.39 is 26.8 Å². The van der Waals surface area contributed by atoms with E-state index in [-0.39, 0.29) is 5.92 Å². The molecule has 0 bridgehead atoms. The summed E-state index contributed by atoms with van der Waals surface area (Å²) in [4.78, 5) is 4.17. The predicted octanol–water partition coefficient (Wildman–Crippen LogP) is 5.67. The monoisotopic (exact) mass is 473 g/mol. The Morgan fingerprint density at radius 3 is 1.94 bits per heavy atom. The number of pyridine rings is 1. The van der Waals surface area contributed by atoms with Crippen molar-refractivity contribution >= 4 is 10.1 Å². The average molecular weight is 474 g/mol. The molecule has 0 radical (unpaired) electrons.